The van der Waals surface area contributed by atoms with E-state index in [1.807, 2.05) is 12.1 Å². The van der Waals surface area contributed by atoms with Crippen LogP contribution in [0.25, 0.3) is 0 Å². The van der Waals surface area contributed by atoms with E-state index in [0.29, 0.717) is 18.9 Å². The molecule has 9 heteroatoms. The third-order valence-electron chi connectivity index (χ3n) is 5.35. The first kappa shape index (κ1) is 20.8. The van der Waals surface area contributed by atoms with Crippen LogP contribution in [0.4, 0.5) is 11.5 Å². The Labute approximate surface area is 177 Å². The summed E-state index contributed by atoms with van der Waals surface area (Å²) in [4.78, 5) is 6.71. The second-order valence-electron chi connectivity index (χ2n) is 7.40. The summed E-state index contributed by atoms with van der Waals surface area (Å²) in [7, 11) is -3.46. The molecular formula is C21H27N5O3S. The van der Waals surface area contributed by atoms with Crippen molar-refractivity contribution in [2.24, 2.45) is 5.10 Å². The van der Waals surface area contributed by atoms with Crippen LogP contribution < -0.4 is 10.3 Å². The van der Waals surface area contributed by atoms with Crippen molar-refractivity contribution in [3.05, 3.63) is 48.2 Å². The fourth-order valence-corrected chi connectivity index (χ4v) is 5.08. The van der Waals surface area contributed by atoms with E-state index in [0.717, 1.165) is 51.1 Å². The molecule has 0 saturated carbocycles. The van der Waals surface area contributed by atoms with Crippen molar-refractivity contribution >= 4 is 27.7 Å². The SMILES string of the molecule is O=S(=O)(c1ccc(N/N=C/c2ccc(N3CCOCC3)cc2)nc1)N1CCCCC1. The number of hydrazone groups is 1. The number of anilines is 2. The predicted octanol–water partition coefficient (Wildman–Crippen LogP) is 2.54. The van der Waals surface area contributed by atoms with Crippen LogP contribution in [0, 0.1) is 0 Å². The number of hydrogen-bond donors (Lipinski definition) is 1. The van der Waals surface area contributed by atoms with Gasteiger partial charge in [0.05, 0.1) is 19.4 Å². The number of rotatable bonds is 6. The van der Waals surface area contributed by atoms with Crippen molar-refractivity contribution in [3.8, 4) is 0 Å². The molecule has 2 aliphatic rings. The van der Waals surface area contributed by atoms with Gasteiger partial charge in [0, 0.05) is 38.1 Å². The van der Waals surface area contributed by atoms with Crippen molar-refractivity contribution in [1.82, 2.24) is 9.29 Å². The molecule has 0 spiro atoms. The van der Waals surface area contributed by atoms with E-state index in [1.165, 1.54) is 11.9 Å². The smallest absolute Gasteiger partial charge is 0.244 e. The minimum atomic E-state index is -3.46. The van der Waals surface area contributed by atoms with Gasteiger partial charge in [0.15, 0.2) is 0 Å². The summed E-state index contributed by atoms with van der Waals surface area (Å²) in [6, 6.07) is 11.4. The number of morpholine rings is 1. The number of hydrogen-bond acceptors (Lipinski definition) is 7. The normalized spacial score (nSPS) is 18.6. The molecule has 30 heavy (non-hydrogen) atoms. The third kappa shape index (κ3) is 4.97. The van der Waals surface area contributed by atoms with Crippen LogP contribution in [0.3, 0.4) is 0 Å². The lowest BCUT2D eigenvalue weighted by molar-refractivity contribution is 0.122. The molecule has 0 amide bonds. The summed E-state index contributed by atoms with van der Waals surface area (Å²) in [5.74, 6) is 0.494. The first-order valence-corrected chi connectivity index (χ1v) is 11.7. The molecule has 0 radical (unpaired) electrons. The summed E-state index contributed by atoms with van der Waals surface area (Å²) >= 11 is 0. The van der Waals surface area contributed by atoms with Gasteiger partial charge < -0.3 is 9.64 Å². The number of benzene rings is 1. The van der Waals surface area contributed by atoms with Crippen molar-refractivity contribution < 1.29 is 13.2 Å². The maximum atomic E-state index is 12.7. The van der Waals surface area contributed by atoms with Crippen LogP contribution in [-0.2, 0) is 14.8 Å². The van der Waals surface area contributed by atoms with Gasteiger partial charge >= 0.3 is 0 Å². The number of nitrogens with one attached hydrogen (secondary N) is 1. The largest absolute Gasteiger partial charge is 0.378 e. The highest BCUT2D eigenvalue weighted by Gasteiger charge is 2.26. The standard InChI is InChI=1S/C21H27N5O3S/c27-30(28,26-10-2-1-3-11-26)20-8-9-21(22-17-20)24-23-16-18-4-6-19(7-5-18)25-12-14-29-15-13-25/h4-9,16-17H,1-3,10-15H2,(H,22,24)/b23-16+. The van der Waals surface area contributed by atoms with E-state index in [2.05, 4.69) is 32.5 Å². The second kappa shape index (κ2) is 9.55. The molecule has 1 N–H and O–H groups in total. The topological polar surface area (TPSA) is 87.1 Å². The zero-order chi connectivity index (χ0) is 20.8. The molecule has 2 aromatic rings. The van der Waals surface area contributed by atoms with Gasteiger partial charge in [-0.15, -0.1) is 0 Å². The first-order valence-electron chi connectivity index (χ1n) is 10.3. The molecule has 1 aromatic heterocycles. The molecule has 0 aliphatic carbocycles. The number of aromatic nitrogens is 1. The van der Waals surface area contributed by atoms with Gasteiger partial charge in [-0.1, -0.05) is 18.6 Å². The first-order chi connectivity index (χ1) is 14.6. The number of piperidine rings is 1. The molecule has 2 fully saturated rings. The molecule has 3 heterocycles. The minimum Gasteiger partial charge on any atom is -0.378 e. The van der Waals surface area contributed by atoms with E-state index in [9.17, 15) is 8.42 Å². The number of sulfonamides is 1. The highest BCUT2D eigenvalue weighted by molar-refractivity contribution is 7.89. The van der Waals surface area contributed by atoms with Crippen molar-refractivity contribution in [1.29, 1.82) is 0 Å². The van der Waals surface area contributed by atoms with Crippen molar-refractivity contribution in [2.75, 3.05) is 49.7 Å². The van der Waals surface area contributed by atoms with Crippen LogP contribution in [0.1, 0.15) is 24.8 Å². The fraction of sp³-hybridized carbons (Fsp3) is 0.429. The zero-order valence-corrected chi connectivity index (χ0v) is 17.7. The van der Waals surface area contributed by atoms with E-state index >= 15 is 0 Å². The van der Waals surface area contributed by atoms with Crippen LogP contribution in [-0.4, -0.2) is 63.3 Å². The lowest BCUT2D eigenvalue weighted by Crippen LogP contribution is -2.36. The Balaban J connectivity index is 1.34. The van der Waals surface area contributed by atoms with Gasteiger partial charge in [0.2, 0.25) is 10.0 Å². The Morgan fingerprint density at radius 1 is 0.967 bits per heavy atom. The molecule has 0 atom stereocenters. The highest BCUT2D eigenvalue weighted by Crippen LogP contribution is 2.21. The number of nitrogens with zero attached hydrogens (tertiary/aromatic N) is 4. The molecule has 160 valence electrons. The van der Waals surface area contributed by atoms with Gasteiger partial charge in [-0.25, -0.2) is 13.4 Å². The van der Waals surface area contributed by atoms with E-state index < -0.39 is 10.0 Å². The molecule has 2 saturated heterocycles. The summed E-state index contributed by atoms with van der Waals surface area (Å²) < 4.78 is 32.3. The maximum Gasteiger partial charge on any atom is 0.244 e. The molecule has 8 nitrogen and oxygen atoms in total. The maximum absolute atomic E-state index is 12.7. The molecule has 0 unspecified atom stereocenters. The molecule has 2 aliphatic heterocycles. The average molecular weight is 430 g/mol. The summed E-state index contributed by atoms with van der Waals surface area (Å²) in [5.41, 5.74) is 4.99. The van der Waals surface area contributed by atoms with Crippen LogP contribution in [0.15, 0.2) is 52.6 Å². The Morgan fingerprint density at radius 3 is 2.37 bits per heavy atom. The zero-order valence-electron chi connectivity index (χ0n) is 16.9. The third-order valence-corrected chi connectivity index (χ3v) is 7.23. The molecule has 0 bridgehead atoms. The Hall–Kier alpha value is -2.49. The Morgan fingerprint density at radius 2 is 1.70 bits per heavy atom. The monoisotopic (exact) mass is 429 g/mol. The molecule has 1 aromatic carbocycles. The van der Waals surface area contributed by atoms with E-state index in [1.54, 1.807) is 22.7 Å². The summed E-state index contributed by atoms with van der Waals surface area (Å²) in [5, 5.41) is 4.20. The quantitative estimate of drug-likeness (QED) is 0.561. The summed E-state index contributed by atoms with van der Waals surface area (Å²) in [6.45, 7) is 4.50. The lowest BCUT2D eigenvalue weighted by Gasteiger charge is -2.28. The molecule has 4 rings (SSSR count). The van der Waals surface area contributed by atoms with Gasteiger partial charge in [0.1, 0.15) is 10.7 Å². The lowest BCUT2D eigenvalue weighted by atomic mass is 10.2. The Kier molecular flexibility index (Phi) is 6.61. The Bertz CT molecular complexity index is 949. The minimum absolute atomic E-state index is 0.220. The highest BCUT2D eigenvalue weighted by atomic mass is 32.2. The van der Waals surface area contributed by atoms with Gasteiger partial charge in [0.25, 0.3) is 0 Å². The van der Waals surface area contributed by atoms with Crippen LogP contribution in [0.5, 0.6) is 0 Å². The van der Waals surface area contributed by atoms with Gasteiger partial charge in [-0.3, -0.25) is 5.43 Å². The van der Waals surface area contributed by atoms with E-state index in [-0.39, 0.29) is 4.90 Å². The fourth-order valence-electron chi connectivity index (χ4n) is 3.62. The predicted molar refractivity (Wildman–Crippen MR) is 118 cm³/mol. The second-order valence-corrected chi connectivity index (χ2v) is 9.34. The average Bonchev–Trinajstić information content (AvgIpc) is 2.81. The number of ether oxygens (including phenoxy) is 1. The van der Waals surface area contributed by atoms with Gasteiger partial charge in [-0.05, 0) is 42.7 Å². The number of pyridine rings is 1. The molecular weight excluding hydrogens is 402 g/mol. The van der Waals surface area contributed by atoms with Crippen molar-refractivity contribution in [3.63, 3.8) is 0 Å². The van der Waals surface area contributed by atoms with Crippen LogP contribution in [0.2, 0.25) is 0 Å². The van der Waals surface area contributed by atoms with Crippen LogP contribution >= 0.6 is 0 Å². The van der Waals surface area contributed by atoms with E-state index in [4.69, 9.17) is 4.74 Å². The van der Waals surface area contributed by atoms with Gasteiger partial charge in [-0.2, -0.15) is 9.41 Å². The van der Waals surface area contributed by atoms with Crippen molar-refractivity contribution in [2.45, 2.75) is 24.2 Å². The summed E-state index contributed by atoms with van der Waals surface area (Å²) in [6.07, 6.45) is 6.01.